The lowest BCUT2D eigenvalue weighted by atomic mass is 9.89. The van der Waals surface area contributed by atoms with Gasteiger partial charge in [-0.3, -0.25) is 0 Å². The zero-order valence-corrected chi connectivity index (χ0v) is 16.9. The molecule has 31 heavy (non-hydrogen) atoms. The van der Waals surface area contributed by atoms with E-state index in [1.807, 2.05) is 0 Å². The molecule has 176 valence electrons. The number of hydrogen-bond donors (Lipinski definition) is 2. The number of cyclic esters (lactones) is 6. The minimum absolute atomic E-state index is 0.0108. The number of ether oxygens (including phenoxy) is 8. The van der Waals surface area contributed by atoms with Crippen molar-refractivity contribution >= 4 is 18.5 Å². The van der Waals surface area contributed by atoms with Gasteiger partial charge in [0.05, 0.1) is 55.9 Å². The molecule has 0 aromatic rings. The van der Waals surface area contributed by atoms with Crippen LogP contribution in [0.4, 0.5) is 14.4 Å². The highest BCUT2D eigenvalue weighted by atomic mass is 16.7. The molecule has 0 bridgehead atoms. The molecule has 0 atom stereocenters. The predicted molar refractivity (Wildman–Crippen MR) is 95.0 cm³/mol. The zero-order chi connectivity index (χ0) is 22.4. The summed E-state index contributed by atoms with van der Waals surface area (Å²) in [6.45, 7) is -0.884. The van der Waals surface area contributed by atoms with E-state index >= 15 is 0 Å². The maximum Gasteiger partial charge on any atom is 0.508 e. The van der Waals surface area contributed by atoms with Crippen LogP contribution in [-0.4, -0.2) is 108 Å². The Balaban J connectivity index is 1.54. The van der Waals surface area contributed by atoms with Crippen molar-refractivity contribution in [1.82, 2.24) is 0 Å². The second-order valence-corrected chi connectivity index (χ2v) is 8.28. The smallest absolute Gasteiger partial charge is 0.433 e. The molecule has 13 heteroatoms. The summed E-state index contributed by atoms with van der Waals surface area (Å²) in [6.07, 6.45) is -2.43. The first-order valence-corrected chi connectivity index (χ1v) is 9.60. The number of rotatable bonds is 10. The van der Waals surface area contributed by atoms with Crippen LogP contribution in [0.3, 0.4) is 0 Å². The fourth-order valence-electron chi connectivity index (χ4n) is 3.14. The van der Waals surface area contributed by atoms with Gasteiger partial charge in [0.15, 0.2) is 0 Å². The van der Waals surface area contributed by atoms with Gasteiger partial charge in [0.25, 0.3) is 0 Å². The summed E-state index contributed by atoms with van der Waals surface area (Å²) < 4.78 is 40.9. The lowest BCUT2D eigenvalue weighted by Crippen LogP contribution is -2.50. The summed E-state index contributed by atoms with van der Waals surface area (Å²) in [5.74, 6) is 0. The molecule has 3 rings (SSSR count). The van der Waals surface area contributed by atoms with Gasteiger partial charge in [-0.15, -0.1) is 0 Å². The zero-order valence-electron chi connectivity index (χ0n) is 16.9. The number of aliphatic hydroxyl groups excluding tert-OH is 2. The highest BCUT2D eigenvalue weighted by molar-refractivity contribution is 5.61. The molecule has 3 saturated heterocycles. The van der Waals surface area contributed by atoms with E-state index in [0.717, 1.165) is 0 Å². The lowest BCUT2D eigenvalue weighted by Gasteiger charge is -2.39. The van der Waals surface area contributed by atoms with Gasteiger partial charge < -0.3 is 48.1 Å². The molecule has 0 amide bonds. The summed E-state index contributed by atoms with van der Waals surface area (Å²) >= 11 is 0. The van der Waals surface area contributed by atoms with Crippen LogP contribution >= 0.6 is 0 Å². The summed E-state index contributed by atoms with van der Waals surface area (Å²) in [5.41, 5.74) is -2.68. The first kappa shape index (κ1) is 23.3. The molecular weight excluding hydrogens is 424 g/mol. The summed E-state index contributed by atoms with van der Waals surface area (Å²) in [5, 5.41) is 19.4. The van der Waals surface area contributed by atoms with Crippen molar-refractivity contribution in [3.8, 4) is 0 Å². The first-order chi connectivity index (χ1) is 14.8. The van der Waals surface area contributed by atoms with Crippen LogP contribution in [0.2, 0.25) is 0 Å². The Morgan fingerprint density at radius 1 is 0.548 bits per heavy atom. The fraction of sp³-hybridized carbons (Fsp3) is 0.833. The summed E-state index contributed by atoms with van der Waals surface area (Å²) in [6, 6.07) is 0. The Hall–Kier alpha value is -2.35. The highest BCUT2D eigenvalue weighted by Gasteiger charge is 2.43. The molecule has 0 saturated carbocycles. The Morgan fingerprint density at radius 3 is 1.10 bits per heavy atom. The first-order valence-electron chi connectivity index (χ1n) is 9.60. The van der Waals surface area contributed by atoms with Gasteiger partial charge >= 0.3 is 18.5 Å². The fourth-order valence-corrected chi connectivity index (χ4v) is 3.14. The molecule has 13 nitrogen and oxygen atoms in total. The Kier molecular flexibility index (Phi) is 7.41. The van der Waals surface area contributed by atoms with E-state index in [-0.39, 0.29) is 79.3 Å². The molecule has 3 aliphatic heterocycles. The van der Waals surface area contributed by atoms with Crippen molar-refractivity contribution in [3.63, 3.8) is 0 Å². The van der Waals surface area contributed by atoms with E-state index in [4.69, 9.17) is 37.9 Å². The van der Waals surface area contributed by atoms with Crippen LogP contribution < -0.4 is 0 Å². The third kappa shape index (κ3) is 5.87. The van der Waals surface area contributed by atoms with Crippen molar-refractivity contribution in [1.29, 1.82) is 0 Å². The maximum atomic E-state index is 11.3. The van der Waals surface area contributed by atoms with Gasteiger partial charge in [0.2, 0.25) is 0 Å². The van der Waals surface area contributed by atoms with Crippen LogP contribution in [0.5, 0.6) is 0 Å². The predicted octanol–water partition coefficient (Wildman–Crippen LogP) is -0.536. The van der Waals surface area contributed by atoms with Gasteiger partial charge in [-0.2, -0.15) is 0 Å². The van der Waals surface area contributed by atoms with Crippen molar-refractivity contribution < 1.29 is 62.5 Å². The van der Waals surface area contributed by atoms with Gasteiger partial charge in [0, 0.05) is 0 Å². The third-order valence-electron chi connectivity index (χ3n) is 5.28. The van der Waals surface area contributed by atoms with Crippen molar-refractivity contribution in [2.45, 2.75) is 0 Å². The second-order valence-electron chi connectivity index (χ2n) is 8.28. The summed E-state index contributed by atoms with van der Waals surface area (Å²) in [7, 11) is 0. The molecule has 3 fully saturated rings. The second kappa shape index (κ2) is 9.85. The molecule has 0 aromatic carbocycles. The summed E-state index contributed by atoms with van der Waals surface area (Å²) in [4.78, 5) is 33.5. The Labute approximate surface area is 177 Å². The van der Waals surface area contributed by atoms with E-state index in [2.05, 4.69) is 0 Å². The Morgan fingerprint density at radius 2 is 0.806 bits per heavy atom. The molecule has 0 aliphatic carbocycles. The minimum Gasteiger partial charge on any atom is -0.433 e. The van der Waals surface area contributed by atoms with E-state index in [0.29, 0.717) is 0 Å². The van der Waals surface area contributed by atoms with E-state index < -0.39 is 34.7 Å². The van der Waals surface area contributed by atoms with Crippen LogP contribution in [-0.2, 0) is 37.9 Å². The molecule has 0 spiro atoms. The SMILES string of the molecule is O=C1OCC(CO)(COCC2(COCC3(CO)COC(=O)OC3)COC(=O)OC2)CO1. The van der Waals surface area contributed by atoms with Crippen molar-refractivity contribution in [2.75, 3.05) is 79.3 Å². The average Bonchev–Trinajstić information content (AvgIpc) is 2.79. The quantitative estimate of drug-likeness (QED) is 0.322. The van der Waals surface area contributed by atoms with Gasteiger partial charge in [-0.25, -0.2) is 14.4 Å². The molecule has 2 N–H and O–H groups in total. The monoisotopic (exact) mass is 450 g/mol. The van der Waals surface area contributed by atoms with E-state index in [1.54, 1.807) is 0 Å². The van der Waals surface area contributed by atoms with E-state index in [1.165, 1.54) is 0 Å². The average molecular weight is 450 g/mol. The number of carbonyl (C=O) groups is 3. The van der Waals surface area contributed by atoms with Crippen LogP contribution in [0.25, 0.3) is 0 Å². The normalized spacial score (nSPS) is 24.0. The standard InChI is InChI=1S/C18H26O13/c19-1-16(7-26-13(21)27-8-16)3-24-5-18(11-30-15(23)31-12-18)6-25-4-17(2-20)9-28-14(22)29-10-17/h19-20H,1-12H2. The highest BCUT2D eigenvalue weighted by Crippen LogP contribution is 2.29. The molecule has 3 aliphatic rings. The number of carbonyl (C=O) groups excluding carboxylic acids is 3. The van der Waals surface area contributed by atoms with Crippen LogP contribution in [0.15, 0.2) is 0 Å². The molecule has 3 heterocycles. The van der Waals surface area contributed by atoms with Crippen LogP contribution in [0.1, 0.15) is 0 Å². The molecule has 0 aromatic heterocycles. The molecule has 0 unspecified atom stereocenters. The largest absolute Gasteiger partial charge is 0.508 e. The lowest BCUT2D eigenvalue weighted by molar-refractivity contribution is -0.164. The van der Waals surface area contributed by atoms with Crippen LogP contribution in [0, 0.1) is 16.2 Å². The number of hydrogen-bond acceptors (Lipinski definition) is 13. The van der Waals surface area contributed by atoms with Gasteiger partial charge in [-0.05, 0) is 0 Å². The van der Waals surface area contributed by atoms with Gasteiger partial charge in [-0.1, -0.05) is 0 Å². The number of aliphatic hydroxyl groups is 2. The minimum atomic E-state index is -0.910. The molecule has 0 radical (unpaired) electrons. The van der Waals surface area contributed by atoms with Crippen molar-refractivity contribution in [2.24, 2.45) is 16.2 Å². The third-order valence-corrected chi connectivity index (χ3v) is 5.28. The van der Waals surface area contributed by atoms with Crippen molar-refractivity contribution in [3.05, 3.63) is 0 Å². The molecular formula is C18H26O13. The van der Waals surface area contributed by atoms with Gasteiger partial charge in [0.1, 0.15) is 39.6 Å². The topological polar surface area (TPSA) is 166 Å². The maximum absolute atomic E-state index is 11.3. The Bertz CT molecular complexity index is 589. The van der Waals surface area contributed by atoms with E-state index in [9.17, 15) is 24.6 Å².